The number of aromatic amines is 1. The van der Waals surface area contributed by atoms with E-state index >= 15 is 0 Å². The number of likely N-dealkylation sites (N-methyl/N-ethyl adjacent to an activating group) is 1. The molecule has 124 valence electrons. The lowest BCUT2D eigenvalue weighted by molar-refractivity contribution is 0.253. The molecule has 0 amide bonds. The van der Waals surface area contributed by atoms with Crippen LogP contribution in [0.25, 0.3) is 0 Å². The number of imidazole rings is 1. The summed E-state index contributed by atoms with van der Waals surface area (Å²) in [6, 6.07) is 5.84. The van der Waals surface area contributed by atoms with Gasteiger partial charge in [0.1, 0.15) is 0 Å². The van der Waals surface area contributed by atoms with Gasteiger partial charge in [-0.15, -0.1) is 0 Å². The van der Waals surface area contributed by atoms with E-state index in [1.165, 1.54) is 0 Å². The first-order valence-electron chi connectivity index (χ1n) is 7.87. The maximum Gasteiger partial charge on any atom is 0.232 e. The highest BCUT2D eigenvalue weighted by Crippen LogP contribution is 2.36. The van der Waals surface area contributed by atoms with Crippen LogP contribution in [0.5, 0.6) is 0 Å². The Balaban J connectivity index is 2.06. The number of nitrogens with zero attached hydrogens (tertiary/aromatic N) is 2. The molecular formula is C16H22N4O2S. The number of hydrogen-bond donors (Lipinski definition) is 2. The van der Waals surface area contributed by atoms with E-state index in [1.807, 2.05) is 18.3 Å². The predicted molar refractivity (Wildman–Crippen MR) is 90.9 cm³/mol. The van der Waals surface area contributed by atoms with Gasteiger partial charge in [0, 0.05) is 30.9 Å². The molecule has 2 heterocycles. The normalized spacial score (nSPS) is 18.6. The molecule has 0 bridgehead atoms. The molecule has 1 unspecified atom stereocenters. The van der Waals surface area contributed by atoms with Crippen LogP contribution in [0.2, 0.25) is 0 Å². The number of H-pyrrole nitrogens is 1. The first kappa shape index (κ1) is 16.0. The fourth-order valence-electron chi connectivity index (χ4n) is 3.05. The van der Waals surface area contributed by atoms with E-state index in [4.69, 9.17) is 0 Å². The van der Waals surface area contributed by atoms with Crippen molar-refractivity contribution in [2.45, 2.75) is 26.3 Å². The molecule has 6 nitrogen and oxygen atoms in total. The molecule has 0 saturated carbocycles. The number of nitrogens with one attached hydrogen (secondary N) is 2. The van der Waals surface area contributed by atoms with Crippen molar-refractivity contribution in [1.29, 1.82) is 0 Å². The van der Waals surface area contributed by atoms with Gasteiger partial charge in [0.25, 0.3) is 0 Å². The van der Waals surface area contributed by atoms with Crippen molar-refractivity contribution in [2.75, 3.05) is 23.6 Å². The molecule has 1 atom stereocenters. The Morgan fingerprint density at radius 1 is 1.39 bits per heavy atom. The van der Waals surface area contributed by atoms with Crippen molar-refractivity contribution >= 4 is 15.7 Å². The van der Waals surface area contributed by atoms with E-state index in [1.54, 1.807) is 13.3 Å². The zero-order valence-electron chi connectivity index (χ0n) is 13.4. The van der Waals surface area contributed by atoms with Crippen molar-refractivity contribution < 1.29 is 8.42 Å². The lowest BCUT2D eigenvalue weighted by atomic mass is 9.87. The fourth-order valence-corrected chi connectivity index (χ4v) is 3.72. The van der Waals surface area contributed by atoms with Crippen LogP contribution < -0.4 is 4.72 Å². The number of benzene rings is 1. The van der Waals surface area contributed by atoms with Crippen LogP contribution in [-0.2, 0) is 16.6 Å². The molecule has 2 aromatic rings. The Labute approximate surface area is 137 Å². The summed E-state index contributed by atoms with van der Waals surface area (Å²) in [6.07, 6.45) is 3.53. The lowest BCUT2D eigenvalue weighted by Crippen LogP contribution is -2.34. The van der Waals surface area contributed by atoms with Crippen molar-refractivity contribution in [3.8, 4) is 0 Å². The van der Waals surface area contributed by atoms with Crippen LogP contribution in [0.4, 0.5) is 5.69 Å². The maximum absolute atomic E-state index is 12.0. The molecule has 1 aliphatic heterocycles. The number of fused-ring (bicyclic) bond motifs is 1. The van der Waals surface area contributed by atoms with Gasteiger partial charge in [-0.1, -0.05) is 19.1 Å². The van der Waals surface area contributed by atoms with Crippen LogP contribution >= 0.6 is 0 Å². The molecule has 1 aromatic heterocycles. The zero-order valence-corrected chi connectivity index (χ0v) is 14.2. The van der Waals surface area contributed by atoms with E-state index in [2.05, 4.69) is 32.6 Å². The minimum Gasteiger partial charge on any atom is -0.348 e. The second-order valence-electron chi connectivity index (χ2n) is 5.77. The summed E-state index contributed by atoms with van der Waals surface area (Å²) in [6.45, 7) is 6.32. The van der Waals surface area contributed by atoms with Gasteiger partial charge in [0.15, 0.2) is 0 Å². The van der Waals surface area contributed by atoms with Gasteiger partial charge in [-0.05, 0) is 30.7 Å². The summed E-state index contributed by atoms with van der Waals surface area (Å²) >= 11 is 0. The molecular weight excluding hydrogens is 312 g/mol. The van der Waals surface area contributed by atoms with Crippen LogP contribution in [0, 0.1) is 0 Å². The van der Waals surface area contributed by atoms with Gasteiger partial charge < -0.3 is 4.98 Å². The minimum absolute atomic E-state index is 0.0676. The fraction of sp³-hybridized carbons (Fsp3) is 0.438. The van der Waals surface area contributed by atoms with Crippen LogP contribution in [0.3, 0.4) is 0 Å². The molecule has 7 heteroatoms. The maximum atomic E-state index is 12.0. The number of hydrogen-bond acceptors (Lipinski definition) is 4. The molecule has 2 N–H and O–H groups in total. The summed E-state index contributed by atoms with van der Waals surface area (Å²) in [5.74, 6) is 0.241. The Morgan fingerprint density at radius 3 is 2.87 bits per heavy atom. The number of aromatic nitrogens is 2. The second-order valence-corrected chi connectivity index (χ2v) is 7.78. The molecule has 0 fully saturated rings. The van der Waals surface area contributed by atoms with Crippen LogP contribution in [-0.4, -0.2) is 42.1 Å². The molecule has 0 radical (unpaired) electrons. The monoisotopic (exact) mass is 334 g/mol. The van der Waals surface area contributed by atoms with Gasteiger partial charge in [-0.2, -0.15) is 0 Å². The van der Waals surface area contributed by atoms with E-state index < -0.39 is 10.0 Å². The Hall–Kier alpha value is -1.86. The number of sulfonamides is 1. The summed E-state index contributed by atoms with van der Waals surface area (Å²) in [5.41, 5.74) is 3.96. The first-order chi connectivity index (χ1) is 11.0. The van der Waals surface area contributed by atoms with E-state index in [-0.39, 0.29) is 11.7 Å². The topological polar surface area (TPSA) is 78.1 Å². The van der Waals surface area contributed by atoms with E-state index in [0.29, 0.717) is 5.69 Å². The number of anilines is 1. The highest BCUT2D eigenvalue weighted by atomic mass is 32.2. The summed E-state index contributed by atoms with van der Waals surface area (Å²) in [7, 11) is -3.29. The molecule has 3 rings (SSSR count). The minimum atomic E-state index is -3.29. The van der Waals surface area contributed by atoms with Gasteiger partial charge >= 0.3 is 0 Å². The largest absolute Gasteiger partial charge is 0.348 e. The zero-order chi connectivity index (χ0) is 16.4. The van der Waals surface area contributed by atoms with Gasteiger partial charge in [-0.3, -0.25) is 9.62 Å². The second kappa shape index (κ2) is 6.33. The quantitative estimate of drug-likeness (QED) is 0.878. The highest BCUT2D eigenvalue weighted by Gasteiger charge is 2.29. The van der Waals surface area contributed by atoms with Crippen LogP contribution in [0.1, 0.15) is 36.6 Å². The van der Waals surface area contributed by atoms with Crippen molar-refractivity contribution in [1.82, 2.24) is 14.9 Å². The van der Waals surface area contributed by atoms with Crippen molar-refractivity contribution in [2.24, 2.45) is 0 Å². The van der Waals surface area contributed by atoms with Crippen molar-refractivity contribution in [3.05, 3.63) is 47.5 Å². The van der Waals surface area contributed by atoms with Crippen LogP contribution in [0.15, 0.2) is 30.7 Å². The average molecular weight is 334 g/mol. The predicted octanol–water partition coefficient (Wildman–Crippen LogP) is 2.14. The van der Waals surface area contributed by atoms with Gasteiger partial charge in [0.05, 0.1) is 17.8 Å². The summed E-state index contributed by atoms with van der Waals surface area (Å²) in [4.78, 5) is 9.64. The SMILES string of the molecule is CCN1Cc2c(NS(=O)(=O)CC)cccc2C(c2cnc[nH]2)C1. The molecule has 1 aliphatic rings. The Morgan fingerprint density at radius 2 is 2.22 bits per heavy atom. The number of rotatable bonds is 5. The molecule has 1 aromatic carbocycles. The average Bonchev–Trinajstić information content (AvgIpc) is 3.08. The third kappa shape index (κ3) is 3.25. The molecule has 23 heavy (non-hydrogen) atoms. The molecule has 0 aliphatic carbocycles. The Bertz CT molecular complexity index is 771. The smallest absolute Gasteiger partial charge is 0.232 e. The third-order valence-electron chi connectivity index (χ3n) is 4.40. The first-order valence-corrected chi connectivity index (χ1v) is 9.52. The summed E-state index contributed by atoms with van der Waals surface area (Å²) in [5, 5.41) is 0. The van der Waals surface area contributed by atoms with E-state index in [9.17, 15) is 8.42 Å². The highest BCUT2D eigenvalue weighted by molar-refractivity contribution is 7.92. The lowest BCUT2D eigenvalue weighted by Gasteiger charge is -2.34. The standard InChI is InChI=1S/C16H22N4O2S/c1-3-20-9-13-12(14(10-20)16-8-17-11-18-16)6-5-7-15(13)19-23(21,22)4-2/h5-8,11,14,19H,3-4,9-10H2,1-2H3,(H,17,18). The third-order valence-corrected chi connectivity index (χ3v) is 5.69. The van der Waals surface area contributed by atoms with Gasteiger partial charge in [-0.25, -0.2) is 13.4 Å². The van der Waals surface area contributed by atoms with Gasteiger partial charge in [0.2, 0.25) is 10.0 Å². The van der Waals surface area contributed by atoms with E-state index in [0.717, 1.165) is 36.5 Å². The molecule has 0 saturated heterocycles. The summed E-state index contributed by atoms with van der Waals surface area (Å²) < 4.78 is 26.7. The molecule has 0 spiro atoms. The Kier molecular flexibility index (Phi) is 4.41. The van der Waals surface area contributed by atoms with Crippen molar-refractivity contribution in [3.63, 3.8) is 0 Å².